The molecule has 0 aliphatic carbocycles. The van der Waals surface area contributed by atoms with Gasteiger partial charge in [0.15, 0.2) is 0 Å². The molecule has 1 saturated heterocycles. The summed E-state index contributed by atoms with van der Waals surface area (Å²) in [6, 6.07) is 14.7. The van der Waals surface area contributed by atoms with Gasteiger partial charge in [-0.2, -0.15) is 0 Å². The van der Waals surface area contributed by atoms with Crippen molar-refractivity contribution in [3.8, 4) is 11.1 Å². The molecule has 6 heteroatoms. The molecule has 1 aliphatic rings. The molecule has 0 atom stereocenters. The molecule has 5 nitrogen and oxygen atoms in total. The van der Waals surface area contributed by atoms with Gasteiger partial charge in [-0.3, -0.25) is 14.7 Å². The van der Waals surface area contributed by atoms with Gasteiger partial charge in [0.2, 0.25) is 0 Å². The Morgan fingerprint density at radius 2 is 1.82 bits per heavy atom. The van der Waals surface area contributed by atoms with E-state index in [1.807, 2.05) is 6.20 Å². The molecule has 3 heterocycles. The first-order valence-electron chi connectivity index (χ1n) is 11.6. The molecular weight excluding hydrogens is 430 g/mol. The average molecular weight is 460 g/mol. The van der Waals surface area contributed by atoms with Gasteiger partial charge in [0.05, 0.1) is 18.7 Å². The minimum Gasteiger partial charge on any atom is -0.379 e. The number of carbonyl (C=O) groups excluding carboxylic acids is 1. The van der Waals surface area contributed by atoms with E-state index in [9.17, 15) is 4.79 Å². The number of pyridine rings is 1. The number of ether oxygens (including phenoxy) is 1. The molecule has 0 unspecified atom stereocenters. The molecule has 33 heavy (non-hydrogen) atoms. The highest BCUT2D eigenvalue weighted by atomic mass is 32.1. The molecule has 0 radical (unpaired) electrons. The maximum Gasteiger partial charge on any atom is 0.262 e. The van der Waals surface area contributed by atoms with E-state index >= 15 is 0 Å². The fourth-order valence-electron chi connectivity index (χ4n) is 4.42. The molecule has 1 N–H and O–H groups in total. The van der Waals surface area contributed by atoms with Crippen molar-refractivity contribution in [2.45, 2.75) is 20.3 Å². The summed E-state index contributed by atoms with van der Waals surface area (Å²) in [6.07, 6.45) is 2.86. The Hall–Kier alpha value is -2.80. The van der Waals surface area contributed by atoms with Gasteiger partial charge >= 0.3 is 0 Å². The molecule has 2 aromatic heterocycles. The summed E-state index contributed by atoms with van der Waals surface area (Å²) in [6.45, 7) is 9.36. The van der Waals surface area contributed by atoms with Gasteiger partial charge in [-0.15, -0.1) is 11.3 Å². The van der Waals surface area contributed by atoms with Crippen molar-refractivity contribution in [1.82, 2.24) is 15.2 Å². The topological polar surface area (TPSA) is 54.5 Å². The summed E-state index contributed by atoms with van der Waals surface area (Å²) in [5.41, 5.74) is 5.39. The lowest BCUT2D eigenvalue weighted by Gasteiger charge is -2.26. The lowest BCUT2D eigenvalue weighted by molar-refractivity contribution is 0.0374. The summed E-state index contributed by atoms with van der Waals surface area (Å²) >= 11 is 1.58. The highest BCUT2D eigenvalue weighted by Gasteiger charge is 2.21. The molecule has 170 valence electrons. The van der Waals surface area contributed by atoms with Crippen molar-refractivity contribution in [3.63, 3.8) is 0 Å². The summed E-state index contributed by atoms with van der Waals surface area (Å²) in [4.78, 5) is 21.2. The Labute approximate surface area is 198 Å². The SMILES string of the molecule is Cc1ccc(-c2c(C(=O)NCCCN3CCOCC3)sc3c2cnc2ccc(C)cc23)cc1. The highest BCUT2D eigenvalue weighted by molar-refractivity contribution is 7.22. The molecule has 1 aliphatic heterocycles. The third-order valence-electron chi connectivity index (χ3n) is 6.26. The lowest BCUT2D eigenvalue weighted by Crippen LogP contribution is -2.38. The van der Waals surface area contributed by atoms with E-state index in [0.717, 1.165) is 76.3 Å². The fourth-order valence-corrected chi connectivity index (χ4v) is 5.66. The van der Waals surface area contributed by atoms with Crippen molar-refractivity contribution in [3.05, 3.63) is 64.7 Å². The first-order valence-corrected chi connectivity index (χ1v) is 12.4. The predicted octanol–water partition coefficient (Wildman–Crippen LogP) is 5.19. The van der Waals surface area contributed by atoms with Gasteiger partial charge in [-0.25, -0.2) is 0 Å². The fraction of sp³-hybridized carbons (Fsp3) is 0.333. The molecule has 0 spiro atoms. The monoisotopic (exact) mass is 459 g/mol. The summed E-state index contributed by atoms with van der Waals surface area (Å²) in [5, 5.41) is 5.32. The number of amides is 1. The van der Waals surface area contributed by atoms with Crippen LogP contribution in [-0.4, -0.2) is 55.2 Å². The molecule has 1 fully saturated rings. The van der Waals surface area contributed by atoms with E-state index in [2.05, 4.69) is 66.5 Å². The van der Waals surface area contributed by atoms with Gasteiger partial charge in [0.1, 0.15) is 4.88 Å². The first-order chi connectivity index (χ1) is 16.1. The van der Waals surface area contributed by atoms with Crippen molar-refractivity contribution >= 4 is 38.2 Å². The second-order valence-electron chi connectivity index (χ2n) is 8.76. The molecule has 0 saturated carbocycles. The summed E-state index contributed by atoms with van der Waals surface area (Å²) < 4.78 is 6.54. The number of aryl methyl sites for hydroxylation is 2. The lowest BCUT2D eigenvalue weighted by atomic mass is 10.00. The standard InChI is InChI=1S/C27H29N3O2S/c1-18-4-7-20(8-5-18)24-22-17-29-23-9-6-19(2)16-21(23)25(22)33-26(24)27(31)28-10-3-11-30-12-14-32-15-13-30/h4-9,16-17H,3,10-15H2,1-2H3,(H,28,31). The van der Waals surface area contributed by atoms with Crippen LogP contribution in [0.15, 0.2) is 48.7 Å². The van der Waals surface area contributed by atoms with E-state index in [1.54, 1.807) is 11.3 Å². The third kappa shape index (κ3) is 4.64. The highest BCUT2D eigenvalue weighted by Crippen LogP contribution is 2.41. The van der Waals surface area contributed by atoms with E-state index in [0.29, 0.717) is 6.54 Å². The number of nitrogens with zero attached hydrogens (tertiary/aromatic N) is 2. The largest absolute Gasteiger partial charge is 0.379 e. The van der Waals surface area contributed by atoms with Crippen LogP contribution in [0.1, 0.15) is 27.2 Å². The van der Waals surface area contributed by atoms with Crippen LogP contribution in [-0.2, 0) is 4.74 Å². The number of fused-ring (bicyclic) bond motifs is 3. The number of benzene rings is 2. The minimum absolute atomic E-state index is 0.00504. The number of thiophene rings is 1. The smallest absolute Gasteiger partial charge is 0.262 e. The number of rotatable bonds is 6. The van der Waals surface area contributed by atoms with Crippen LogP contribution in [0.25, 0.3) is 32.1 Å². The summed E-state index contributed by atoms with van der Waals surface area (Å²) in [5.74, 6) is -0.00504. The Morgan fingerprint density at radius 1 is 1.06 bits per heavy atom. The Bertz CT molecular complexity index is 1290. The molecule has 2 aromatic carbocycles. The molecule has 0 bridgehead atoms. The molecule has 1 amide bonds. The van der Waals surface area contributed by atoms with Crippen LogP contribution in [0.2, 0.25) is 0 Å². The molecule has 5 rings (SSSR count). The van der Waals surface area contributed by atoms with Gasteiger partial charge in [-0.1, -0.05) is 41.5 Å². The van der Waals surface area contributed by atoms with E-state index in [4.69, 9.17) is 9.72 Å². The zero-order valence-corrected chi connectivity index (χ0v) is 20.0. The van der Waals surface area contributed by atoms with E-state index < -0.39 is 0 Å². The van der Waals surface area contributed by atoms with Crippen LogP contribution in [0.4, 0.5) is 0 Å². The Morgan fingerprint density at radius 3 is 2.61 bits per heavy atom. The molecule has 4 aromatic rings. The van der Waals surface area contributed by atoms with Crippen molar-refractivity contribution in [1.29, 1.82) is 0 Å². The van der Waals surface area contributed by atoms with Crippen LogP contribution in [0, 0.1) is 13.8 Å². The zero-order valence-electron chi connectivity index (χ0n) is 19.2. The zero-order chi connectivity index (χ0) is 22.8. The average Bonchev–Trinajstić information content (AvgIpc) is 3.23. The number of nitrogens with one attached hydrogen (secondary N) is 1. The maximum absolute atomic E-state index is 13.4. The second kappa shape index (κ2) is 9.59. The van der Waals surface area contributed by atoms with Crippen molar-refractivity contribution in [2.24, 2.45) is 0 Å². The number of morpholine rings is 1. The maximum atomic E-state index is 13.4. The van der Waals surface area contributed by atoms with Gasteiger partial charge < -0.3 is 10.1 Å². The van der Waals surface area contributed by atoms with Crippen LogP contribution >= 0.6 is 11.3 Å². The number of hydrogen-bond acceptors (Lipinski definition) is 5. The van der Waals surface area contributed by atoms with Crippen LogP contribution < -0.4 is 5.32 Å². The first kappa shape index (κ1) is 22.0. The van der Waals surface area contributed by atoms with Crippen LogP contribution in [0.3, 0.4) is 0 Å². The quantitative estimate of drug-likeness (QED) is 0.404. The van der Waals surface area contributed by atoms with Crippen molar-refractivity contribution in [2.75, 3.05) is 39.4 Å². The van der Waals surface area contributed by atoms with E-state index in [1.165, 1.54) is 11.1 Å². The normalized spacial score (nSPS) is 14.7. The Kier molecular flexibility index (Phi) is 6.40. The Balaban J connectivity index is 1.47. The van der Waals surface area contributed by atoms with Crippen LogP contribution in [0.5, 0.6) is 0 Å². The van der Waals surface area contributed by atoms with Gasteiger partial charge in [-0.05, 0) is 44.5 Å². The third-order valence-corrected chi connectivity index (χ3v) is 7.50. The van der Waals surface area contributed by atoms with Crippen molar-refractivity contribution < 1.29 is 9.53 Å². The second-order valence-corrected chi connectivity index (χ2v) is 9.78. The summed E-state index contributed by atoms with van der Waals surface area (Å²) in [7, 11) is 0. The van der Waals surface area contributed by atoms with Gasteiger partial charge in [0, 0.05) is 46.9 Å². The van der Waals surface area contributed by atoms with E-state index in [-0.39, 0.29) is 5.91 Å². The molecular formula is C27H29N3O2S. The van der Waals surface area contributed by atoms with Gasteiger partial charge in [0.25, 0.3) is 5.91 Å². The number of carbonyl (C=O) groups is 1. The number of aromatic nitrogens is 1. The number of hydrogen-bond donors (Lipinski definition) is 1. The predicted molar refractivity (Wildman–Crippen MR) is 136 cm³/mol. The minimum atomic E-state index is -0.00504.